The molecule has 0 saturated carbocycles. The van der Waals surface area contributed by atoms with Gasteiger partial charge in [-0.3, -0.25) is 10.8 Å². The van der Waals surface area contributed by atoms with Crippen LogP contribution in [0.3, 0.4) is 0 Å². The van der Waals surface area contributed by atoms with Gasteiger partial charge in [0.25, 0.3) is 0 Å². The fourth-order valence-electron chi connectivity index (χ4n) is 1.50. The molecule has 0 aliphatic rings. The minimum Gasteiger partial charge on any atom is -0.271 e. The number of pyridine rings is 1. The van der Waals surface area contributed by atoms with Crippen LogP contribution in [0, 0.1) is 0 Å². The van der Waals surface area contributed by atoms with Gasteiger partial charge in [-0.1, -0.05) is 11.6 Å². The van der Waals surface area contributed by atoms with E-state index >= 15 is 0 Å². The molecule has 0 bridgehead atoms. The van der Waals surface area contributed by atoms with Crippen LogP contribution in [0.5, 0.6) is 0 Å². The fraction of sp³-hybridized carbons (Fsp3) is 0.182. The van der Waals surface area contributed by atoms with Gasteiger partial charge in [0.1, 0.15) is 5.82 Å². The molecule has 0 fully saturated rings. The molecule has 2 rings (SSSR count). The Hall–Kier alpha value is -1.56. The highest BCUT2D eigenvalue weighted by atomic mass is 35.5. The van der Waals surface area contributed by atoms with Crippen LogP contribution >= 0.6 is 11.6 Å². The van der Waals surface area contributed by atoms with Gasteiger partial charge in [0.05, 0.1) is 11.1 Å². The Kier molecular flexibility index (Phi) is 3.98. The third kappa shape index (κ3) is 2.97. The van der Waals surface area contributed by atoms with Crippen LogP contribution in [0.4, 0.5) is 0 Å². The molecule has 17 heavy (non-hydrogen) atoms. The average molecular weight is 250 g/mol. The maximum Gasteiger partial charge on any atom is 0.146 e. The van der Waals surface area contributed by atoms with Gasteiger partial charge >= 0.3 is 0 Å². The second kappa shape index (κ2) is 5.67. The number of nitrogens with one attached hydrogen (secondary N) is 1. The summed E-state index contributed by atoms with van der Waals surface area (Å²) < 4.78 is 0. The van der Waals surface area contributed by atoms with Crippen molar-refractivity contribution >= 4 is 11.6 Å². The lowest BCUT2D eigenvalue weighted by molar-refractivity contribution is 0.522. The Morgan fingerprint density at radius 3 is 2.71 bits per heavy atom. The Labute approximate surface area is 104 Å². The molecular formula is C11H12ClN5. The molecule has 0 aliphatic carbocycles. The summed E-state index contributed by atoms with van der Waals surface area (Å²) in [5.74, 6) is 6.16. The molecule has 0 amide bonds. The first-order chi connectivity index (χ1) is 8.31. The lowest BCUT2D eigenvalue weighted by Gasteiger charge is -2.14. The summed E-state index contributed by atoms with van der Waals surface area (Å²) in [5, 5.41) is 0.615. The molecule has 0 saturated heterocycles. The van der Waals surface area contributed by atoms with E-state index in [1.165, 1.54) is 0 Å². The molecule has 6 heteroatoms. The summed E-state index contributed by atoms with van der Waals surface area (Å²) in [6.45, 7) is 0. The largest absolute Gasteiger partial charge is 0.271 e. The Bertz CT molecular complexity index is 476. The Morgan fingerprint density at radius 1 is 1.29 bits per heavy atom. The second-order valence-electron chi connectivity index (χ2n) is 3.50. The number of rotatable bonds is 4. The number of nitrogens with two attached hydrogens (primary N) is 1. The van der Waals surface area contributed by atoms with E-state index in [1.54, 1.807) is 30.9 Å². The molecule has 1 atom stereocenters. The molecule has 0 aromatic carbocycles. The highest BCUT2D eigenvalue weighted by Crippen LogP contribution is 2.20. The van der Waals surface area contributed by atoms with E-state index in [0.29, 0.717) is 17.3 Å². The molecular weight excluding hydrogens is 238 g/mol. The standard InChI is InChI=1S/C11H12ClN5/c12-9-7-14-5-2-8(9)6-10(17-13)11-15-3-1-4-16-11/h1-5,7,10,17H,6,13H2. The molecule has 2 aromatic heterocycles. The third-order valence-electron chi connectivity index (χ3n) is 2.38. The topological polar surface area (TPSA) is 76.7 Å². The lowest BCUT2D eigenvalue weighted by Crippen LogP contribution is -2.31. The monoisotopic (exact) mass is 249 g/mol. The highest BCUT2D eigenvalue weighted by Gasteiger charge is 2.14. The SMILES string of the molecule is NNC(Cc1ccncc1Cl)c1ncccn1. The average Bonchev–Trinajstić information content (AvgIpc) is 2.39. The molecule has 88 valence electrons. The van der Waals surface area contributed by atoms with Crippen molar-refractivity contribution in [2.75, 3.05) is 0 Å². The molecule has 3 N–H and O–H groups in total. The first-order valence-corrected chi connectivity index (χ1v) is 5.50. The number of hydrogen-bond acceptors (Lipinski definition) is 5. The smallest absolute Gasteiger partial charge is 0.146 e. The number of hydrazine groups is 1. The summed E-state index contributed by atoms with van der Waals surface area (Å²) >= 11 is 6.04. The summed E-state index contributed by atoms with van der Waals surface area (Å²) in [4.78, 5) is 12.3. The third-order valence-corrected chi connectivity index (χ3v) is 2.72. The highest BCUT2D eigenvalue weighted by molar-refractivity contribution is 6.31. The number of halogens is 1. The summed E-state index contributed by atoms with van der Waals surface area (Å²) in [6.07, 6.45) is 7.28. The van der Waals surface area contributed by atoms with Crippen LogP contribution in [0.15, 0.2) is 36.9 Å². The minimum atomic E-state index is -0.170. The van der Waals surface area contributed by atoms with Gasteiger partial charge in [-0.15, -0.1) is 0 Å². The Balaban J connectivity index is 2.19. The van der Waals surface area contributed by atoms with E-state index in [-0.39, 0.29) is 6.04 Å². The van der Waals surface area contributed by atoms with Crippen LogP contribution in [0.2, 0.25) is 5.02 Å². The van der Waals surface area contributed by atoms with Gasteiger partial charge in [-0.2, -0.15) is 0 Å². The van der Waals surface area contributed by atoms with Gasteiger partial charge < -0.3 is 0 Å². The summed E-state index contributed by atoms with van der Waals surface area (Å²) in [5.41, 5.74) is 3.65. The number of nitrogens with zero attached hydrogens (tertiary/aromatic N) is 3. The van der Waals surface area contributed by atoms with E-state index in [9.17, 15) is 0 Å². The van der Waals surface area contributed by atoms with Gasteiger partial charge in [0.2, 0.25) is 0 Å². The first kappa shape index (κ1) is 11.9. The zero-order valence-electron chi connectivity index (χ0n) is 9.05. The predicted molar refractivity (Wildman–Crippen MR) is 65.0 cm³/mol. The quantitative estimate of drug-likeness (QED) is 0.630. The first-order valence-electron chi connectivity index (χ1n) is 5.12. The van der Waals surface area contributed by atoms with Crippen LogP contribution in [-0.4, -0.2) is 15.0 Å². The lowest BCUT2D eigenvalue weighted by atomic mass is 10.1. The van der Waals surface area contributed by atoms with Crippen molar-refractivity contribution in [3.8, 4) is 0 Å². The van der Waals surface area contributed by atoms with E-state index in [0.717, 1.165) is 5.56 Å². The van der Waals surface area contributed by atoms with Crippen molar-refractivity contribution in [2.45, 2.75) is 12.5 Å². The van der Waals surface area contributed by atoms with E-state index in [4.69, 9.17) is 17.4 Å². The molecule has 0 aliphatic heterocycles. The van der Waals surface area contributed by atoms with E-state index in [1.807, 2.05) is 6.07 Å². The zero-order chi connectivity index (χ0) is 12.1. The Morgan fingerprint density at radius 2 is 2.06 bits per heavy atom. The van der Waals surface area contributed by atoms with Crippen molar-refractivity contribution in [3.05, 3.63) is 53.3 Å². The molecule has 0 spiro atoms. The fourth-order valence-corrected chi connectivity index (χ4v) is 1.70. The van der Waals surface area contributed by atoms with Crippen molar-refractivity contribution < 1.29 is 0 Å². The van der Waals surface area contributed by atoms with Crippen molar-refractivity contribution in [2.24, 2.45) is 5.84 Å². The van der Waals surface area contributed by atoms with Crippen LogP contribution < -0.4 is 11.3 Å². The predicted octanol–water partition coefficient (Wildman–Crippen LogP) is 1.27. The van der Waals surface area contributed by atoms with E-state index < -0.39 is 0 Å². The molecule has 2 aromatic rings. The van der Waals surface area contributed by atoms with Crippen LogP contribution in [0.25, 0.3) is 0 Å². The van der Waals surface area contributed by atoms with Gasteiger partial charge in [-0.25, -0.2) is 15.4 Å². The summed E-state index contributed by atoms with van der Waals surface area (Å²) in [6, 6.07) is 3.45. The number of hydrogen-bond donors (Lipinski definition) is 2. The molecule has 1 unspecified atom stereocenters. The zero-order valence-corrected chi connectivity index (χ0v) is 9.80. The van der Waals surface area contributed by atoms with Gasteiger partial charge in [-0.05, 0) is 24.1 Å². The summed E-state index contributed by atoms with van der Waals surface area (Å²) in [7, 11) is 0. The second-order valence-corrected chi connectivity index (χ2v) is 3.90. The van der Waals surface area contributed by atoms with Crippen molar-refractivity contribution in [1.82, 2.24) is 20.4 Å². The van der Waals surface area contributed by atoms with Gasteiger partial charge in [0, 0.05) is 24.8 Å². The van der Waals surface area contributed by atoms with Crippen LogP contribution in [-0.2, 0) is 6.42 Å². The maximum absolute atomic E-state index is 6.04. The van der Waals surface area contributed by atoms with E-state index in [2.05, 4.69) is 20.4 Å². The molecule has 0 radical (unpaired) electrons. The van der Waals surface area contributed by atoms with Crippen LogP contribution in [0.1, 0.15) is 17.4 Å². The molecule has 5 nitrogen and oxygen atoms in total. The normalized spacial score (nSPS) is 12.4. The number of aromatic nitrogens is 3. The molecule has 2 heterocycles. The van der Waals surface area contributed by atoms with Crippen molar-refractivity contribution in [3.63, 3.8) is 0 Å². The van der Waals surface area contributed by atoms with Gasteiger partial charge in [0.15, 0.2) is 0 Å². The minimum absolute atomic E-state index is 0.170. The van der Waals surface area contributed by atoms with Crippen molar-refractivity contribution in [1.29, 1.82) is 0 Å². The maximum atomic E-state index is 6.04.